The maximum absolute atomic E-state index is 12.4. The largest absolute Gasteiger partial charge is 0.336 e. The van der Waals surface area contributed by atoms with Gasteiger partial charge >= 0.3 is 0 Å². The molecule has 3 N–H and O–H groups in total. The molecule has 1 atom stereocenters. The SMILES string of the molecule is CC1CCCN1C(=O)c1cc(Cl)c(NN)c([N+](=O)[O-])c1. The zero-order valence-corrected chi connectivity index (χ0v) is 11.7. The fourth-order valence-corrected chi connectivity index (χ4v) is 2.67. The van der Waals surface area contributed by atoms with E-state index in [1.807, 2.05) is 6.92 Å². The van der Waals surface area contributed by atoms with Crippen LogP contribution in [0.4, 0.5) is 11.4 Å². The molecular formula is C12H15ClN4O3. The van der Waals surface area contributed by atoms with E-state index in [0.717, 1.165) is 12.8 Å². The number of amides is 1. The predicted octanol–water partition coefficient (Wildman–Crippen LogP) is 2.16. The molecule has 20 heavy (non-hydrogen) atoms. The maximum atomic E-state index is 12.4. The van der Waals surface area contributed by atoms with Crippen molar-refractivity contribution in [1.82, 2.24) is 4.90 Å². The zero-order valence-electron chi connectivity index (χ0n) is 10.9. The lowest BCUT2D eigenvalue weighted by Crippen LogP contribution is -2.33. The molecule has 1 aliphatic rings. The van der Waals surface area contributed by atoms with E-state index < -0.39 is 4.92 Å². The summed E-state index contributed by atoms with van der Waals surface area (Å²) in [7, 11) is 0. The number of rotatable bonds is 3. The molecule has 0 saturated carbocycles. The van der Waals surface area contributed by atoms with Gasteiger partial charge in [-0.3, -0.25) is 20.8 Å². The second-order valence-electron chi connectivity index (χ2n) is 4.74. The molecule has 0 spiro atoms. The minimum atomic E-state index is -0.620. The van der Waals surface area contributed by atoms with Crippen molar-refractivity contribution in [1.29, 1.82) is 0 Å². The Bertz CT molecular complexity index is 564. The first-order valence-corrected chi connectivity index (χ1v) is 6.59. The highest BCUT2D eigenvalue weighted by atomic mass is 35.5. The van der Waals surface area contributed by atoms with Crippen LogP contribution in [0.15, 0.2) is 12.1 Å². The van der Waals surface area contributed by atoms with Crippen LogP contribution >= 0.6 is 11.6 Å². The number of anilines is 1. The van der Waals surface area contributed by atoms with Crippen LogP contribution in [0.5, 0.6) is 0 Å². The number of nitrogen functional groups attached to an aromatic ring is 1. The Morgan fingerprint density at radius 3 is 2.80 bits per heavy atom. The van der Waals surface area contributed by atoms with Crippen molar-refractivity contribution in [2.75, 3.05) is 12.0 Å². The highest BCUT2D eigenvalue weighted by Gasteiger charge is 2.28. The highest BCUT2D eigenvalue weighted by Crippen LogP contribution is 2.34. The van der Waals surface area contributed by atoms with Crippen LogP contribution in [-0.4, -0.2) is 28.3 Å². The zero-order chi connectivity index (χ0) is 14.9. The van der Waals surface area contributed by atoms with E-state index in [4.69, 9.17) is 17.4 Å². The summed E-state index contributed by atoms with van der Waals surface area (Å²) in [6.45, 7) is 2.61. The molecule has 1 heterocycles. The van der Waals surface area contributed by atoms with Gasteiger partial charge in [-0.25, -0.2) is 0 Å². The van der Waals surface area contributed by atoms with E-state index in [0.29, 0.717) is 6.54 Å². The normalized spacial score (nSPS) is 18.1. The lowest BCUT2D eigenvalue weighted by Gasteiger charge is -2.21. The number of hydrazine groups is 1. The summed E-state index contributed by atoms with van der Waals surface area (Å²) in [5, 5.41) is 11.1. The summed E-state index contributed by atoms with van der Waals surface area (Å²) in [6, 6.07) is 2.73. The number of nitrogens with two attached hydrogens (primary N) is 1. The van der Waals surface area contributed by atoms with Gasteiger partial charge in [-0.2, -0.15) is 0 Å². The second kappa shape index (κ2) is 5.64. The summed E-state index contributed by atoms with van der Waals surface area (Å²) >= 11 is 5.95. The van der Waals surface area contributed by atoms with Crippen molar-refractivity contribution in [2.24, 2.45) is 5.84 Å². The molecule has 1 amide bonds. The minimum Gasteiger partial charge on any atom is -0.336 e. The van der Waals surface area contributed by atoms with Gasteiger partial charge in [-0.15, -0.1) is 0 Å². The minimum absolute atomic E-state index is 0.00249. The first-order valence-electron chi connectivity index (χ1n) is 6.21. The van der Waals surface area contributed by atoms with Gasteiger partial charge in [0.05, 0.1) is 9.95 Å². The van der Waals surface area contributed by atoms with E-state index in [2.05, 4.69) is 5.43 Å². The molecule has 0 aromatic heterocycles. The fourth-order valence-electron chi connectivity index (χ4n) is 2.40. The van der Waals surface area contributed by atoms with Gasteiger partial charge in [0.1, 0.15) is 5.69 Å². The molecule has 0 bridgehead atoms. The lowest BCUT2D eigenvalue weighted by atomic mass is 10.1. The van der Waals surface area contributed by atoms with Crippen LogP contribution in [0.3, 0.4) is 0 Å². The number of carbonyl (C=O) groups is 1. The average Bonchev–Trinajstić information content (AvgIpc) is 2.83. The maximum Gasteiger partial charge on any atom is 0.295 e. The van der Waals surface area contributed by atoms with Gasteiger partial charge in [0.15, 0.2) is 0 Å². The van der Waals surface area contributed by atoms with E-state index in [1.54, 1.807) is 4.90 Å². The Morgan fingerprint density at radius 2 is 2.30 bits per heavy atom. The molecule has 108 valence electrons. The number of likely N-dealkylation sites (tertiary alicyclic amines) is 1. The quantitative estimate of drug-likeness (QED) is 0.506. The Labute approximate surface area is 120 Å². The van der Waals surface area contributed by atoms with Crippen molar-refractivity contribution >= 4 is 28.9 Å². The molecule has 1 aromatic rings. The van der Waals surface area contributed by atoms with Gasteiger partial charge in [-0.1, -0.05) is 11.6 Å². The summed E-state index contributed by atoms with van der Waals surface area (Å²) in [6.07, 6.45) is 1.87. The Hall–Kier alpha value is -1.86. The van der Waals surface area contributed by atoms with Gasteiger partial charge in [0.2, 0.25) is 0 Å². The predicted molar refractivity (Wildman–Crippen MR) is 75.6 cm³/mol. The van der Waals surface area contributed by atoms with Gasteiger partial charge in [0.25, 0.3) is 11.6 Å². The molecular weight excluding hydrogens is 284 g/mol. The van der Waals surface area contributed by atoms with Crippen molar-refractivity contribution < 1.29 is 9.72 Å². The molecule has 1 aromatic carbocycles. The summed E-state index contributed by atoms with van der Waals surface area (Å²) in [5.41, 5.74) is 2.09. The van der Waals surface area contributed by atoms with Crippen LogP contribution in [-0.2, 0) is 0 Å². The molecule has 2 rings (SSSR count). The number of carbonyl (C=O) groups excluding carboxylic acids is 1. The Balaban J connectivity index is 2.42. The first kappa shape index (κ1) is 14.5. The van der Waals surface area contributed by atoms with Crippen molar-refractivity contribution in [3.05, 3.63) is 32.8 Å². The smallest absolute Gasteiger partial charge is 0.295 e. The van der Waals surface area contributed by atoms with E-state index >= 15 is 0 Å². The number of halogens is 1. The Morgan fingerprint density at radius 1 is 1.60 bits per heavy atom. The van der Waals surface area contributed by atoms with Crippen LogP contribution in [0.1, 0.15) is 30.1 Å². The van der Waals surface area contributed by atoms with Gasteiger partial charge in [0, 0.05) is 24.2 Å². The first-order chi connectivity index (χ1) is 9.45. The number of nitro groups is 1. The monoisotopic (exact) mass is 298 g/mol. The third-order valence-electron chi connectivity index (χ3n) is 3.47. The number of nitrogens with zero attached hydrogens (tertiary/aromatic N) is 2. The lowest BCUT2D eigenvalue weighted by molar-refractivity contribution is -0.384. The summed E-state index contributed by atoms with van der Waals surface area (Å²) < 4.78 is 0. The van der Waals surface area contributed by atoms with E-state index in [9.17, 15) is 14.9 Å². The second-order valence-corrected chi connectivity index (χ2v) is 5.15. The third-order valence-corrected chi connectivity index (χ3v) is 3.77. The molecule has 1 saturated heterocycles. The average molecular weight is 299 g/mol. The van der Waals surface area contributed by atoms with Crippen molar-refractivity contribution in [3.63, 3.8) is 0 Å². The highest BCUT2D eigenvalue weighted by molar-refractivity contribution is 6.34. The van der Waals surface area contributed by atoms with Gasteiger partial charge < -0.3 is 10.3 Å². The van der Waals surface area contributed by atoms with Crippen LogP contribution < -0.4 is 11.3 Å². The topological polar surface area (TPSA) is 102 Å². The van der Waals surface area contributed by atoms with Crippen molar-refractivity contribution in [2.45, 2.75) is 25.8 Å². The molecule has 1 unspecified atom stereocenters. The van der Waals surface area contributed by atoms with E-state index in [1.165, 1.54) is 12.1 Å². The molecule has 7 nitrogen and oxygen atoms in total. The summed E-state index contributed by atoms with van der Waals surface area (Å²) in [5.74, 6) is 4.98. The molecule has 0 aliphatic carbocycles. The van der Waals surface area contributed by atoms with Crippen LogP contribution in [0, 0.1) is 10.1 Å². The number of hydrogen-bond acceptors (Lipinski definition) is 5. The number of benzene rings is 1. The standard InChI is InChI=1S/C12H15ClN4O3/c1-7-3-2-4-16(7)12(18)8-5-9(13)11(15-14)10(6-8)17(19)20/h5-7,15H,2-4,14H2,1H3. The molecule has 1 aliphatic heterocycles. The van der Waals surface area contributed by atoms with Crippen LogP contribution in [0.25, 0.3) is 0 Å². The number of nitrogens with one attached hydrogen (secondary N) is 1. The van der Waals surface area contributed by atoms with E-state index in [-0.39, 0.29) is 33.9 Å². The third kappa shape index (κ3) is 2.54. The number of hydrogen-bond donors (Lipinski definition) is 2. The Kier molecular flexibility index (Phi) is 4.10. The van der Waals surface area contributed by atoms with Crippen molar-refractivity contribution in [3.8, 4) is 0 Å². The fraction of sp³-hybridized carbons (Fsp3) is 0.417. The molecule has 0 radical (unpaired) electrons. The van der Waals surface area contributed by atoms with Gasteiger partial charge in [-0.05, 0) is 25.8 Å². The number of nitro benzene ring substituents is 1. The van der Waals surface area contributed by atoms with Crippen LogP contribution in [0.2, 0.25) is 5.02 Å². The molecule has 1 fully saturated rings. The molecule has 8 heteroatoms. The summed E-state index contributed by atoms with van der Waals surface area (Å²) in [4.78, 5) is 24.5.